The third-order valence-corrected chi connectivity index (χ3v) is 3.72. The number of methoxy groups -OCH3 is 1. The highest BCUT2D eigenvalue weighted by Crippen LogP contribution is 2.21. The van der Waals surface area contributed by atoms with Gasteiger partial charge in [-0.1, -0.05) is 42.5 Å². The molecule has 0 bridgehead atoms. The Morgan fingerprint density at radius 1 is 0.625 bits per heavy atom. The second-order valence-corrected chi connectivity index (χ2v) is 5.51. The first-order valence-electron chi connectivity index (χ1n) is 7.99. The summed E-state index contributed by atoms with van der Waals surface area (Å²) >= 11 is 0. The maximum absolute atomic E-state index is 5.80. The molecule has 1 N–H and O–H groups in total. The standard InChI is InChI=1S/C21H21NO2/c1-23-19-11-7-17(8-12-19)15-22-16-18-9-13-21(14-10-18)24-20-5-3-2-4-6-20/h2-14,22H,15-16H2,1H3. The van der Waals surface area contributed by atoms with Crippen molar-refractivity contribution in [1.29, 1.82) is 0 Å². The van der Waals surface area contributed by atoms with Crippen LogP contribution >= 0.6 is 0 Å². The Morgan fingerprint density at radius 2 is 1.12 bits per heavy atom. The van der Waals surface area contributed by atoms with E-state index in [2.05, 4.69) is 29.6 Å². The fourth-order valence-corrected chi connectivity index (χ4v) is 2.39. The molecule has 0 saturated heterocycles. The predicted octanol–water partition coefficient (Wildman–Crippen LogP) is 4.78. The minimum Gasteiger partial charge on any atom is -0.497 e. The SMILES string of the molecule is COc1ccc(CNCc2ccc(Oc3ccccc3)cc2)cc1. The fraction of sp³-hybridized carbons (Fsp3) is 0.143. The molecule has 0 aliphatic carbocycles. The highest BCUT2D eigenvalue weighted by molar-refractivity contribution is 5.33. The first kappa shape index (κ1) is 16.1. The molecular weight excluding hydrogens is 298 g/mol. The number of hydrogen-bond donors (Lipinski definition) is 1. The molecule has 0 spiro atoms. The molecule has 0 fully saturated rings. The van der Waals surface area contributed by atoms with Gasteiger partial charge in [-0.05, 0) is 47.5 Å². The predicted molar refractivity (Wildman–Crippen MR) is 96.5 cm³/mol. The summed E-state index contributed by atoms with van der Waals surface area (Å²) in [5, 5.41) is 3.44. The van der Waals surface area contributed by atoms with E-state index in [4.69, 9.17) is 9.47 Å². The number of nitrogens with one attached hydrogen (secondary N) is 1. The average molecular weight is 319 g/mol. The van der Waals surface area contributed by atoms with Crippen molar-refractivity contribution in [2.45, 2.75) is 13.1 Å². The summed E-state index contributed by atoms with van der Waals surface area (Å²) in [5.74, 6) is 2.58. The molecule has 0 unspecified atom stereocenters. The topological polar surface area (TPSA) is 30.5 Å². The lowest BCUT2D eigenvalue weighted by atomic mass is 10.2. The van der Waals surface area contributed by atoms with Crippen molar-refractivity contribution in [3.05, 3.63) is 90.0 Å². The van der Waals surface area contributed by atoms with E-state index in [9.17, 15) is 0 Å². The van der Waals surface area contributed by atoms with Crippen LogP contribution in [0.3, 0.4) is 0 Å². The molecule has 3 nitrogen and oxygen atoms in total. The van der Waals surface area contributed by atoms with Crippen LogP contribution in [0, 0.1) is 0 Å². The smallest absolute Gasteiger partial charge is 0.127 e. The van der Waals surface area contributed by atoms with Crippen molar-refractivity contribution < 1.29 is 9.47 Å². The number of rotatable bonds is 7. The molecule has 0 aromatic heterocycles. The zero-order valence-corrected chi connectivity index (χ0v) is 13.7. The Hall–Kier alpha value is -2.78. The molecule has 24 heavy (non-hydrogen) atoms. The molecule has 3 rings (SSSR count). The van der Waals surface area contributed by atoms with E-state index in [0.717, 1.165) is 30.3 Å². The molecule has 0 aliphatic heterocycles. The van der Waals surface area contributed by atoms with E-state index in [1.807, 2.05) is 54.6 Å². The van der Waals surface area contributed by atoms with Crippen molar-refractivity contribution in [3.8, 4) is 17.2 Å². The van der Waals surface area contributed by atoms with Crippen LogP contribution in [0.5, 0.6) is 17.2 Å². The average Bonchev–Trinajstić information content (AvgIpc) is 2.65. The van der Waals surface area contributed by atoms with Gasteiger partial charge in [-0.2, -0.15) is 0 Å². The molecule has 0 atom stereocenters. The zero-order valence-electron chi connectivity index (χ0n) is 13.7. The molecule has 0 heterocycles. The monoisotopic (exact) mass is 319 g/mol. The van der Waals surface area contributed by atoms with E-state index in [0.29, 0.717) is 0 Å². The molecule has 0 saturated carbocycles. The van der Waals surface area contributed by atoms with Crippen LogP contribution in [0.4, 0.5) is 0 Å². The van der Waals surface area contributed by atoms with Gasteiger partial charge in [-0.25, -0.2) is 0 Å². The highest BCUT2D eigenvalue weighted by Gasteiger charge is 1.99. The van der Waals surface area contributed by atoms with Gasteiger partial charge in [0.1, 0.15) is 17.2 Å². The molecule has 0 radical (unpaired) electrons. The van der Waals surface area contributed by atoms with Gasteiger partial charge < -0.3 is 14.8 Å². The van der Waals surface area contributed by atoms with Crippen LogP contribution in [-0.2, 0) is 13.1 Å². The van der Waals surface area contributed by atoms with Crippen LogP contribution in [0.15, 0.2) is 78.9 Å². The first-order valence-corrected chi connectivity index (χ1v) is 7.99. The largest absolute Gasteiger partial charge is 0.497 e. The maximum atomic E-state index is 5.80. The van der Waals surface area contributed by atoms with Gasteiger partial charge in [0.15, 0.2) is 0 Å². The lowest BCUT2D eigenvalue weighted by molar-refractivity contribution is 0.414. The minimum atomic E-state index is 0.817. The summed E-state index contributed by atoms with van der Waals surface area (Å²) < 4.78 is 11.0. The molecule has 3 aromatic carbocycles. The van der Waals surface area contributed by atoms with E-state index < -0.39 is 0 Å². The van der Waals surface area contributed by atoms with Gasteiger partial charge in [0.2, 0.25) is 0 Å². The molecule has 0 aliphatic rings. The quantitative estimate of drug-likeness (QED) is 0.680. The second kappa shape index (κ2) is 8.18. The normalized spacial score (nSPS) is 10.4. The van der Waals surface area contributed by atoms with Crippen molar-refractivity contribution in [1.82, 2.24) is 5.32 Å². The molecule has 3 heteroatoms. The number of hydrogen-bond acceptors (Lipinski definition) is 3. The molecule has 3 aromatic rings. The summed E-state index contributed by atoms with van der Waals surface area (Å²) in [6.45, 7) is 1.64. The Morgan fingerprint density at radius 3 is 1.67 bits per heavy atom. The second-order valence-electron chi connectivity index (χ2n) is 5.51. The van der Waals surface area contributed by atoms with Crippen molar-refractivity contribution in [3.63, 3.8) is 0 Å². The molecule has 0 amide bonds. The van der Waals surface area contributed by atoms with Crippen LogP contribution < -0.4 is 14.8 Å². The number of ether oxygens (including phenoxy) is 2. The summed E-state index contributed by atoms with van der Waals surface area (Å²) in [6.07, 6.45) is 0. The van der Waals surface area contributed by atoms with E-state index >= 15 is 0 Å². The fourth-order valence-electron chi connectivity index (χ4n) is 2.39. The summed E-state index contributed by atoms with van der Waals surface area (Å²) in [4.78, 5) is 0. The lowest BCUT2D eigenvalue weighted by Gasteiger charge is -2.08. The van der Waals surface area contributed by atoms with Crippen LogP contribution in [0.2, 0.25) is 0 Å². The van der Waals surface area contributed by atoms with Crippen molar-refractivity contribution in [2.75, 3.05) is 7.11 Å². The van der Waals surface area contributed by atoms with Crippen molar-refractivity contribution in [2.24, 2.45) is 0 Å². The summed E-state index contributed by atoms with van der Waals surface area (Å²) in [7, 11) is 1.68. The Labute approximate surface area is 142 Å². The van der Waals surface area contributed by atoms with Crippen molar-refractivity contribution >= 4 is 0 Å². The Kier molecular flexibility index (Phi) is 5.48. The Balaban J connectivity index is 1.49. The Bertz CT molecular complexity index is 737. The molecule has 122 valence electrons. The maximum Gasteiger partial charge on any atom is 0.127 e. The number of benzene rings is 3. The highest BCUT2D eigenvalue weighted by atomic mass is 16.5. The summed E-state index contributed by atoms with van der Waals surface area (Å²) in [6, 6.07) is 26.1. The summed E-state index contributed by atoms with van der Waals surface area (Å²) in [5.41, 5.74) is 2.46. The minimum absolute atomic E-state index is 0.817. The molecular formula is C21H21NO2. The van der Waals surface area contributed by atoms with Crippen LogP contribution in [0.25, 0.3) is 0 Å². The van der Waals surface area contributed by atoms with Crippen LogP contribution in [-0.4, -0.2) is 7.11 Å². The van der Waals surface area contributed by atoms with Gasteiger partial charge >= 0.3 is 0 Å². The van der Waals surface area contributed by atoms with Gasteiger partial charge in [0.05, 0.1) is 7.11 Å². The third-order valence-electron chi connectivity index (χ3n) is 3.72. The third kappa shape index (κ3) is 4.61. The zero-order chi connectivity index (χ0) is 16.6. The van der Waals surface area contributed by atoms with Gasteiger partial charge in [-0.3, -0.25) is 0 Å². The van der Waals surface area contributed by atoms with Gasteiger partial charge in [-0.15, -0.1) is 0 Å². The van der Waals surface area contributed by atoms with E-state index in [1.165, 1.54) is 11.1 Å². The van der Waals surface area contributed by atoms with Gasteiger partial charge in [0.25, 0.3) is 0 Å². The van der Waals surface area contributed by atoms with E-state index in [1.54, 1.807) is 7.11 Å². The van der Waals surface area contributed by atoms with Gasteiger partial charge in [0, 0.05) is 13.1 Å². The van der Waals surface area contributed by atoms with E-state index in [-0.39, 0.29) is 0 Å². The number of para-hydroxylation sites is 1. The lowest BCUT2D eigenvalue weighted by Crippen LogP contribution is -2.12. The first-order chi connectivity index (χ1) is 11.8. The van der Waals surface area contributed by atoms with Crippen LogP contribution in [0.1, 0.15) is 11.1 Å².